The molecule has 11 N–H and O–H groups in total. The second kappa shape index (κ2) is 13.7. The first-order valence-electron chi connectivity index (χ1n) is 12.8. The Balaban J connectivity index is 1.53. The minimum atomic E-state index is -1.59. The maximum Gasteiger partial charge on any atom is 0.187 e. The minimum absolute atomic E-state index is 0.385. The first-order chi connectivity index (χ1) is 19.1. The van der Waals surface area contributed by atoms with Gasteiger partial charge in [0.1, 0.15) is 73.2 Å². The fourth-order valence-corrected chi connectivity index (χ4v) is 5.03. The van der Waals surface area contributed by atoms with E-state index >= 15 is 0 Å². The molecule has 18 nitrogen and oxygen atoms in total. The molecule has 0 amide bonds. The van der Waals surface area contributed by atoms with Crippen LogP contribution in [0.25, 0.3) is 0 Å². The third-order valence-corrected chi connectivity index (χ3v) is 7.43. The fourth-order valence-electron chi connectivity index (χ4n) is 5.03. The number of aliphatic hydroxyl groups is 9. The molecule has 0 saturated carbocycles. The number of ether oxygens (including phenoxy) is 8. The maximum absolute atomic E-state index is 10.4. The Morgan fingerprint density at radius 1 is 0.550 bits per heavy atom. The van der Waals surface area contributed by atoms with Gasteiger partial charge in [0.15, 0.2) is 25.2 Å². The highest BCUT2D eigenvalue weighted by molar-refractivity contribution is 4.97. The SMILES string of the molecule is CO[C@H]1O[C@H](CO[C@H]2O[C@H](CO)[C@@H](O)[C@@H]2O)[C@@H](O[C@H]2O[C@H](CO)[C@@H](O)[C@@H]2O)[C@@H]1O[C@@H]1O[C@H](CO)[C@H](O)[C@H](O)[C@H]1N. The Bertz CT molecular complexity index is 796. The number of methoxy groups -OCH3 is 1. The standard InChI is InChI=1S/C22H39NO17/c1-33-22-18(40-19-10(23)14(30)11(27)6(2-24)35-19)17(39-21-16(32)13(29)8(4-26)37-21)9(38-22)5-34-20-15(31)12(28)7(3-25)36-20/h6-22,24-32H,2-5,23H2,1H3/t6-,7-,8-,9-,10-,11+,12-,13-,14-,15+,16+,17-,18+,19+,20+,21-,22+/m1/s1. The van der Waals surface area contributed by atoms with Crippen molar-refractivity contribution in [3.8, 4) is 0 Å². The summed E-state index contributed by atoms with van der Waals surface area (Å²) in [7, 11) is 1.27. The first-order valence-corrected chi connectivity index (χ1v) is 12.8. The smallest absolute Gasteiger partial charge is 0.187 e. The van der Waals surface area contributed by atoms with E-state index in [1.165, 1.54) is 7.11 Å². The Labute approximate surface area is 228 Å². The molecule has 18 heteroatoms. The lowest BCUT2D eigenvalue weighted by Gasteiger charge is -2.42. The molecule has 0 radical (unpaired) electrons. The first kappa shape index (κ1) is 32.2. The monoisotopic (exact) mass is 589 g/mol. The van der Waals surface area contributed by atoms with Gasteiger partial charge in [-0.2, -0.15) is 0 Å². The summed E-state index contributed by atoms with van der Waals surface area (Å²) in [6.45, 7) is -2.24. The molecule has 40 heavy (non-hydrogen) atoms. The molecular weight excluding hydrogens is 550 g/mol. The Kier molecular flexibility index (Phi) is 11.0. The molecule has 4 saturated heterocycles. The molecule has 0 spiro atoms. The average Bonchev–Trinajstić information content (AvgIpc) is 3.53. The number of rotatable bonds is 11. The predicted octanol–water partition coefficient (Wildman–Crippen LogP) is -7.21. The average molecular weight is 590 g/mol. The van der Waals surface area contributed by atoms with Crippen LogP contribution in [0.1, 0.15) is 0 Å². The van der Waals surface area contributed by atoms with Gasteiger partial charge in [-0.1, -0.05) is 0 Å². The topological polar surface area (TPSA) is 282 Å². The summed E-state index contributed by atoms with van der Waals surface area (Å²) in [6.07, 6.45) is -21.6. The molecular formula is C22H39NO17. The lowest BCUT2D eigenvalue weighted by molar-refractivity contribution is -0.304. The molecule has 4 heterocycles. The molecule has 0 aliphatic carbocycles. The van der Waals surface area contributed by atoms with Gasteiger partial charge < -0.3 is 89.6 Å². The summed E-state index contributed by atoms with van der Waals surface area (Å²) in [5, 5.41) is 89.5. The molecule has 4 aliphatic rings. The third-order valence-electron chi connectivity index (χ3n) is 7.43. The highest BCUT2D eigenvalue weighted by atomic mass is 16.8. The Hall–Kier alpha value is -0.720. The molecule has 0 aromatic rings. The van der Waals surface area contributed by atoms with E-state index in [4.69, 9.17) is 43.6 Å². The molecule has 17 atom stereocenters. The van der Waals surface area contributed by atoms with E-state index in [0.29, 0.717) is 0 Å². The number of nitrogens with two attached hydrogens (primary N) is 1. The van der Waals surface area contributed by atoms with Crippen LogP contribution in [-0.4, -0.2) is 184 Å². The zero-order valence-corrected chi connectivity index (χ0v) is 21.5. The minimum Gasteiger partial charge on any atom is -0.394 e. The number of hydrogen-bond acceptors (Lipinski definition) is 18. The Morgan fingerprint density at radius 3 is 1.55 bits per heavy atom. The van der Waals surface area contributed by atoms with Gasteiger partial charge in [-0.25, -0.2) is 0 Å². The highest BCUT2D eigenvalue weighted by Gasteiger charge is 2.55. The molecule has 0 aromatic heterocycles. The van der Waals surface area contributed by atoms with Gasteiger partial charge in [-0.3, -0.25) is 0 Å². The highest BCUT2D eigenvalue weighted by Crippen LogP contribution is 2.35. The van der Waals surface area contributed by atoms with Gasteiger partial charge in [0.2, 0.25) is 0 Å². The number of aliphatic hydroxyl groups excluding tert-OH is 9. The second-order valence-corrected chi connectivity index (χ2v) is 10.0. The van der Waals surface area contributed by atoms with Crippen LogP contribution < -0.4 is 5.73 Å². The van der Waals surface area contributed by atoms with Crippen molar-refractivity contribution in [2.75, 3.05) is 33.5 Å². The van der Waals surface area contributed by atoms with Gasteiger partial charge in [-0.05, 0) is 0 Å². The van der Waals surface area contributed by atoms with Crippen molar-refractivity contribution < 1.29 is 83.9 Å². The van der Waals surface area contributed by atoms with E-state index in [1.54, 1.807) is 0 Å². The van der Waals surface area contributed by atoms with Crippen molar-refractivity contribution in [1.29, 1.82) is 0 Å². The van der Waals surface area contributed by atoms with Crippen molar-refractivity contribution in [2.45, 2.75) is 104 Å². The lowest BCUT2D eigenvalue weighted by atomic mass is 9.97. The zero-order valence-electron chi connectivity index (χ0n) is 21.5. The van der Waals surface area contributed by atoms with Crippen molar-refractivity contribution >= 4 is 0 Å². The van der Waals surface area contributed by atoms with Crippen LogP contribution in [0.2, 0.25) is 0 Å². The number of hydrogen-bond donors (Lipinski definition) is 10. The normalized spacial score (nSPS) is 51.5. The zero-order chi connectivity index (χ0) is 29.3. The summed E-state index contributed by atoms with van der Waals surface area (Å²) < 4.78 is 45.0. The van der Waals surface area contributed by atoms with Crippen LogP contribution in [0.4, 0.5) is 0 Å². The quantitative estimate of drug-likeness (QED) is 0.107. The van der Waals surface area contributed by atoms with Crippen molar-refractivity contribution in [3.63, 3.8) is 0 Å². The summed E-state index contributed by atoms with van der Waals surface area (Å²) in [5.41, 5.74) is 6.01. The van der Waals surface area contributed by atoms with E-state index in [1.807, 2.05) is 0 Å². The van der Waals surface area contributed by atoms with Gasteiger partial charge in [0, 0.05) is 7.11 Å². The largest absolute Gasteiger partial charge is 0.394 e. The van der Waals surface area contributed by atoms with Crippen LogP contribution in [-0.2, 0) is 37.9 Å². The summed E-state index contributed by atoms with van der Waals surface area (Å²) in [5.74, 6) is 0. The summed E-state index contributed by atoms with van der Waals surface area (Å²) in [4.78, 5) is 0. The van der Waals surface area contributed by atoms with E-state index < -0.39 is 124 Å². The molecule has 0 unspecified atom stereocenters. The second-order valence-electron chi connectivity index (χ2n) is 10.0. The maximum atomic E-state index is 10.4. The summed E-state index contributed by atoms with van der Waals surface area (Å²) in [6, 6.07) is -1.29. The molecule has 234 valence electrons. The van der Waals surface area contributed by atoms with Gasteiger partial charge in [0.05, 0.1) is 32.5 Å². The lowest BCUT2D eigenvalue weighted by Crippen LogP contribution is -2.63. The van der Waals surface area contributed by atoms with Crippen LogP contribution in [0.3, 0.4) is 0 Å². The van der Waals surface area contributed by atoms with E-state index in [0.717, 1.165) is 0 Å². The van der Waals surface area contributed by atoms with E-state index in [9.17, 15) is 46.0 Å². The predicted molar refractivity (Wildman–Crippen MR) is 123 cm³/mol. The van der Waals surface area contributed by atoms with Gasteiger partial charge in [-0.15, -0.1) is 0 Å². The van der Waals surface area contributed by atoms with Crippen molar-refractivity contribution in [2.24, 2.45) is 5.73 Å². The van der Waals surface area contributed by atoms with Crippen molar-refractivity contribution in [1.82, 2.24) is 0 Å². The van der Waals surface area contributed by atoms with Crippen LogP contribution in [0.5, 0.6) is 0 Å². The fraction of sp³-hybridized carbons (Fsp3) is 1.00. The van der Waals surface area contributed by atoms with Gasteiger partial charge >= 0.3 is 0 Å². The summed E-state index contributed by atoms with van der Waals surface area (Å²) >= 11 is 0. The molecule has 4 fully saturated rings. The van der Waals surface area contributed by atoms with E-state index in [-0.39, 0.29) is 6.61 Å². The molecule has 4 aliphatic heterocycles. The van der Waals surface area contributed by atoms with Crippen LogP contribution in [0, 0.1) is 0 Å². The molecule has 4 rings (SSSR count). The van der Waals surface area contributed by atoms with Crippen LogP contribution >= 0.6 is 0 Å². The molecule has 0 aromatic carbocycles. The third kappa shape index (κ3) is 6.30. The van der Waals surface area contributed by atoms with Crippen LogP contribution in [0.15, 0.2) is 0 Å². The Morgan fingerprint density at radius 2 is 1.00 bits per heavy atom. The van der Waals surface area contributed by atoms with Gasteiger partial charge in [0.25, 0.3) is 0 Å². The van der Waals surface area contributed by atoms with E-state index in [2.05, 4.69) is 0 Å². The van der Waals surface area contributed by atoms with Crippen molar-refractivity contribution in [3.05, 3.63) is 0 Å². The molecule has 0 bridgehead atoms.